The molecule has 2 aromatic rings. The van der Waals surface area contributed by atoms with Crippen molar-refractivity contribution in [1.82, 2.24) is 10.2 Å². The summed E-state index contributed by atoms with van der Waals surface area (Å²) < 4.78 is 10.2. The summed E-state index contributed by atoms with van der Waals surface area (Å²) in [6, 6.07) is 6.95. The van der Waals surface area contributed by atoms with Crippen LogP contribution in [0.2, 0.25) is 0 Å². The van der Waals surface area contributed by atoms with Crippen molar-refractivity contribution in [2.24, 2.45) is 0 Å². The second-order valence-electron chi connectivity index (χ2n) is 3.03. The first kappa shape index (κ1) is 10.2. The van der Waals surface area contributed by atoms with Gasteiger partial charge in [-0.05, 0) is 12.1 Å². The molecule has 0 unspecified atom stereocenters. The molecule has 0 aliphatic carbocycles. The Hall–Kier alpha value is -2.30. The first-order chi connectivity index (χ1) is 7.81. The molecule has 82 valence electrons. The molecule has 0 atom stereocenters. The number of hydrogen-bond donors (Lipinski definition) is 1. The maximum Gasteiger partial charge on any atom is 0.346 e. The lowest BCUT2D eigenvalue weighted by Gasteiger charge is -2.07. The smallest absolute Gasteiger partial charge is 0.346 e. The van der Waals surface area contributed by atoms with Gasteiger partial charge in [-0.15, -0.1) is 0 Å². The zero-order chi connectivity index (χ0) is 11.4. The van der Waals surface area contributed by atoms with E-state index in [4.69, 9.17) is 9.47 Å². The number of H-pyrrole nitrogens is 1. The Labute approximate surface area is 92.0 Å². The van der Waals surface area contributed by atoms with Crippen LogP contribution in [0.4, 0.5) is 0 Å². The fourth-order valence-electron chi connectivity index (χ4n) is 1.22. The molecule has 0 fully saturated rings. The summed E-state index contributed by atoms with van der Waals surface area (Å²) in [6.45, 7) is 0. The van der Waals surface area contributed by atoms with E-state index in [0.29, 0.717) is 17.1 Å². The Bertz CT molecular complexity index is 480. The maximum absolute atomic E-state index is 11.6. The fraction of sp³-hybridized carbons (Fsp3) is 0.0909. The van der Waals surface area contributed by atoms with Crippen LogP contribution in [0.5, 0.6) is 11.5 Å². The molecule has 0 bridgehead atoms. The number of aromatic amines is 1. The highest BCUT2D eigenvalue weighted by Gasteiger charge is 2.12. The van der Waals surface area contributed by atoms with E-state index in [1.165, 1.54) is 19.5 Å². The summed E-state index contributed by atoms with van der Waals surface area (Å²) in [5.74, 6) is 0.425. The van der Waals surface area contributed by atoms with Crippen molar-refractivity contribution in [3.63, 3.8) is 0 Å². The molecule has 2 rings (SSSR count). The van der Waals surface area contributed by atoms with Gasteiger partial charge in [0.05, 0.1) is 18.9 Å². The summed E-state index contributed by atoms with van der Waals surface area (Å²) in [6.07, 6.45) is 2.87. The first-order valence-corrected chi connectivity index (χ1v) is 4.65. The van der Waals surface area contributed by atoms with Gasteiger partial charge in [0.2, 0.25) is 0 Å². The van der Waals surface area contributed by atoms with Crippen LogP contribution >= 0.6 is 0 Å². The molecule has 16 heavy (non-hydrogen) atoms. The van der Waals surface area contributed by atoms with E-state index in [-0.39, 0.29) is 0 Å². The highest BCUT2D eigenvalue weighted by molar-refractivity contribution is 5.90. The minimum Gasteiger partial charge on any atom is -0.493 e. The number of hydrogen-bond acceptors (Lipinski definition) is 4. The third kappa shape index (κ3) is 2.03. The van der Waals surface area contributed by atoms with Crippen LogP contribution in [-0.4, -0.2) is 23.3 Å². The number of nitrogens with zero attached hydrogens (tertiary/aromatic N) is 1. The lowest BCUT2D eigenvalue weighted by molar-refractivity contribution is 0.0730. The minimum atomic E-state index is -0.474. The number of carbonyl (C=O) groups is 1. The van der Waals surface area contributed by atoms with Crippen molar-refractivity contribution in [2.45, 2.75) is 0 Å². The lowest BCUT2D eigenvalue weighted by atomic mass is 10.3. The number of esters is 1. The number of benzene rings is 1. The zero-order valence-electron chi connectivity index (χ0n) is 8.64. The number of methoxy groups -OCH3 is 1. The van der Waals surface area contributed by atoms with Gasteiger partial charge >= 0.3 is 5.97 Å². The van der Waals surface area contributed by atoms with Gasteiger partial charge in [0.1, 0.15) is 0 Å². The van der Waals surface area contributed by atoms with Gasteiger partial charge in [-0.25, -0.2) is 4.79 Å². The second kappa shape index (κ2) is 4.48. The second-order valence-corrected chi connectivity index (χ2v) is 3.03. The Morgan fingerprint density at radius 2 is 2.06 bits per heavy atom. The average Bonchev–Trinajstić information content (AvgIpc) is 2.83. The van der Waals surface area contributed by atoms with Crippen molar-refractivity contribution in [3.05, 3.63) is 42.2 Å². The largest absolute Gasteiger partial charge is 0.493 e. The van der Waals surface area contributed by atoms with E-state index < -0.39 is 5.97 Å². The van der Waals surface area contributed by atoms with E-state index in [0.717, 1.165) is 0 Å². The summed E-state index contributed by atoms with van der Waals surface area (Å²) in [5.41, 5.74) is 0.367. The highest BCUT2D eigenvalue weighted by Crippen LogP contribution is 2.26. The molecule has 0 aliphatic rings. The maximum atomic E-state index is 11.6. The van der Waals surface area contributed by atoms with Crippen molar-refractivity contribution >= 4 is 5.97 Å². The van der Waals surface area contributed by atoms with Gasteiger partial charge in [-0.3, -0.25) is 5.10 Å². The molecule has 0 radical (unpaired) electrons. The van der Waals surface area contributed by atoms with Crippen LogP contribution < -0.4 is 9.47 Å². The molecule has 0 saturated carbocycles. The molecule has 0 amide bonds. The van der Waals surface area contributed by atoms with Crippen LogP contribution in [0.15, 0.2) is 36.7 Å². The standard InChI is InChI=1S/C11H10N2O3/c1-15-9-4-2-3-5-10(9)16-11(14)8-6-12-13-7-8/h2-7H,1H3,(H,12,13). The molecule has 0 spiro atoms. The van der Waals surface area contributed by atoms with Gasteiger partial charge in [0, 0.05) is 6.20 Å². The Balaban J connectivity index is 2.18. The van der Waals surface area contributed by atoms with E-state index >= 15 is 0 Å². The predicted molar refractivity (Wildman–Crippen MR) is 56.5 cm³/mol. The van der Waals surface area contributed by atoms with Crippen molar-refractivity contribution in [2.75, 3.05) is 7.11 Å². The van der Waals surface area contributed by atoms with Crippen molar-refractivity contribution < 1.29 is 14.3 Å². The summed E-state index contributed by atoms with van der Waals surface area (Å²) >= 11 is 0. The van der Waals surface area contributed by atoms with Crippen LogP contribution in [0.3, 0.4) is 0 Å². The number of rotatable bonds is 3. The van der Waals surface area contributed by atoms with Crippen LogP contribution in [0.1, 0.15) is 10.4 Å². The lowest BCUT2D eigenvalue weighted by Crippen LogP contribution is -2.08. The van der Waals surface area contributed by atoms with Crippen LogP contribution in [-0.2, 0) is 0 Å². The molecule has 5 heteroatoms. The molecule has 5 nitrogen and oxygen atoms in total. The predicted octanol–water partition coefficient (Wildman–Crippen LogP) is 1.64. The van der Waals surface area contributed by atoms with Gasteiger partial charge in [0.15, 0.2) is 11.5 Å². The SMILES string of the molecule is COc1ccccc1OC(=O)c1cn[nH]c1. The Kier molecular flexibility index (Phi) is 2.86. The summed E-state index contributed by atoms with van der Waals surface area (Å²) in [7, 11) is 1.52. The highest BCUT2D eigenvalue weighted by atomic mass is 16.6. The van der Waals surface area contributed by atoms with E-state index in [1.54, 1.807) is 24.3 Å². The molecular weight excluding hydrogens is 208 g/mol. The number of para-hydroxylation sites is 2. The van der Waals surface area contributed by atoms with E-state index in [1.807, 2.05) is 0 Å². The molecular formula is C11H10N2O3. The van der Waals surface area contributed by atoms with Crippen molar-refractivity contribution in [1.29, 1.82) is 0 Å². The molecule has 0 aliphatic heterocycles. The van der Waals surface area contributed by atoms with Gasteiger partial charge in [0.25, 0.3) is 0 Å². The third-order valence-electron chi connectivity index (χ3n) is 2.01. The fourth-order valence-corrected chi connectivity index (χ4v) is 1.22. The first-order valence-electron chi connectivity index (χ1n) is 4.65. The Morgan fingerprint density at radius 3 is 2.69 bits per heavy atom. The number of nitrogens with one attached hydrogen (secondary N) is 1. The summed E-state index contributed by atoms with van der Waals surface area (Å²) in [5, 5.41) is 6.21. The molecule has 0 saturated heterocycles. The van der Waals surface area contributed by atoms with Crippen molar-refractivity contribution in [3.8, 4) is 11.5 Å². The van der Waals surface area contributed by atoms with Gasteiger partial charge in [-0.1, -0.05) is 12.1 Å². The molecule has 1 aromatic carbocycles. The van der Waals surface area contributed by atoms with E-state index in [9.17, 15) is 4.79 Å². The van der Waals surface area contributed by atoms with E-state index in [2.05, 4.69) is 10.2 Å². The number of aromatic nitrogens is 2. The monoisotopic (exact) mass is 218 g/mol. The molecule has 1 N–H and O–H groups in total. The number of carbonyl (C=O) groups excluding carboxylic acids is 1. The minimum absolute atomic E-state index is 0.367. The topological polar surface area (TPSA) is 64.2 Å². The third-order valence-corrected chi connectivity index (χ3v) is 2.01. The van der Waals surface area contributed by atoms with Crippen LogP contribution in [0, 0.1) is 0 Å². The zero-order valence-corrected chi connectivity index (χ0v) is 8.64. The quantitative estimate of drug-likeness (QED) is 0.628. The number of ether oxygens (including phenoxy) is 2. The average molecular weight is 218 g/mol. The van der Waals surface area contributed by atoms with Crippen LogP contribution in [0.25, 0.3) is 0 Å². The van der Waals surface area contributed by atoms with Gasteiger partial charge in [-0.2, -0.15) is 5.10 Å². The van der Waals surface area contributed by atoms with Gasteiger partial charge < -0.3 is 9.47 Å². The normalized spacial score (nSPS) is 9.81. The summed E-state index contributed by atoms with van der Waals surface area (Å²) in [4.78, 5) is 11.6. The molecule has 1 aromatic heterocycles. The molecule has 1 heterocycles. The Morgan fingerprint density at radius 1 is 1.31 bits per heavy atom.